The summed E-state index contributed by atoms with van der Waals surface area (Å²) < 4.78 is 2.70. The fraction of sp³-hybridized carbons (Fsp3) is 0.136. The lowest BCUT2D eigenvalue weighted by Crippen LogP contribution is -2.31. The zero-order valence-corrected chi connectivity index (χ0v) is 17.0. The summed E-state index contributed by atoms with van der Waals surface area (Å²) in [5.74, 6) is -0.575. The van der Waals surface area contributed by atoms with E-state index >= 15 is 0 Å². The molecule has 9 heteroatoms. The Morgan fingerprint density at radius 2 is 1.61 bits per heavy atom. The van der Waals surface area contributed by atoms with E-state index in [0.717, 1.165) is 10.4 Å². The van der Waals surface area contributed by atoms with E-state index in [1.165, 1.54) is 6.92 Å². The molecule has 2 aromatic heterocycles. The van der Waals surface area contributed by atoms with E-state index in [1.807, 2.05) is 30.3 Å². The fourth-order valence-corrected chi connectivity index (χ4v) is 3.27. The molecule has 2 aromatic carbocycles. The molecule has 2 N–H and O–H groups in total. The minimum absolute atomic E-state index is 0.178. The summed E-state index contributed by atoms with van der Waals surface area (Å²) >= 11 is 0. The average Bonchev–Trinajstić information content (AvgIpc) is 3.19. The maximum atomic E-state index is 13.1. The summed E-state index contributed by atoms with van der Waals surface area (Å²) in [6, 6.07) is 16.0. The molecule has 9 nitrogen and oxygen atoms in total. The van der Waals surface area contributed by atoms with Gasteiger partial charge < -0.3 is 10.6 Å². The lowest BCUT2D eigenvalue weighted by Gasteiger charge is -2.10. The van der Waals surface area contributed by atoms with Gasteiger partial charge in [0.25, 0.3) is 5.56 Å². The number of rotatable bonds is 5. The number of anilines is 2. The number of aromatic nitrogens is 4. The van der Waals surface area contributed by atoms with Crippen LogP contribution in [-0.2, 0) is 16.1 Å². The van der Waals surface area contributed by atoms with Crippen LogP contribution >= 0.6 is 0 Å². The predicted molar refractivity (Wildman–Crippen MR) is 117 cm³/mol. The normalized spacial score (nSPS) is 10.8. The molecule has 0 aliphatic heterocycles. The van der Waals surface area contributed by atoms with Crippen molar-refractivity contribution in [3.63, 3.8) is 0 Å². The Morgan fingerprint density at radius 3 is 2.26 bits per heavy atom. The molecule has 0 saturated heterocycles. The summed E-state index contributed by atoms with van der Waals surface area (Å²) in [5, 5.41) is 14.6. The summed E-state index contributed by atoms with van der Waals surface area (Å²) in [5.41, 5.74) is 2.47. The van der Waals surface area contributed by atoms with Crippen molar-refractivity contribution >= 4 is 34.1 Å². The quantitative estimate of drug-likeness (QED) is 0.519. The first-order valence-electron chi connectivity index (χ1n) is 9.61. The van der Waals surface area contributed by atoms with Crippen molar-refractivity contribution in [2.45, 2.75) is 20.4 Å². The van der Waals surface area contributed by atoms with Crippen LogP contribution < -0.4 is 16.2 Å². The van der Waals surface area contributed by atoms with Gasteiger partial charge in [0.2, 0.25) is 11.8 Å². The lowest BCUT2D eigenvalue weighted by atomic mass is 10.2. The first kappa shape index (κ1) is 20.0. The Bertz CT molecular complexity index is 1320. The summed E-state index contributed by atoms with van der Waals surface area (Å²) in [7, 11) is 0. The van der Waals surface area contributed by atoms with Gasteiger partial charge in [-0.3, -0.25) is 14.4 Å². The van der Waals surface area contributed by atoms with Crippen molar-refractivity contribution in [2.75, 3.05) is 10.6 Å². The summed E-state index contributed by atoms with van der Waals surface area (Å²) in [4.78, 5) is 36.7. The number of nitrogens with zero attached hydrogens (tertiary/aromatic N) is 4. The molecule has 4 rings (SSSR count). The van der Waals surface area contributed by atoms with Gasteiger partial charge in [-0.25, -0.2) is 9.36 Å². The highest BCUT2D eigenvalue weighted by Gasteiger charge is 2.16. The predicted octanol–water partition coefficient (Wildman–Crippen LogP) is 2.49. The van der Waals surface area contributed by atoms with E-state index in [9.17, 15) is 14.4 Å². The minimum Gasteiger partial charge on any atom is -0.326 e. The molecule has 0 bridgehead atoms. The maximum absolute atomic E-state index is 13.1. The van der Waals surface area contributed by atoms with Gasteiger partial charge in [0.1, 0.15) is 12.1 Å². The van der Waals surface area contributed by atoms with Crippen molar-refractivity contribution in [3.05, 3.63) is 76.8 Å². The Balaban J connectivity index is 1.60. The number of amides is 2. The molecule has 4 aromatic rings. The number of hydrogen-bond donors (Lipinski definition) is 2. The number of carbonyl (C=O) groups is 2. The largest absolute Gasteiger partial charge is 0.326 e. The molecule has 2 amide bonds. The van der Waals surface area contributed by atoms with Gasteiger partial charge in [-0.05, 0) is 43.3 Å². The molecular formula is C22H20N6O3. The van der Waals surface area contributed by atoms with Gasteiger partial charge in [-0.2, -0.15) is 10.2 Å². The molecular weight excluding hydrogens is 396 g/mol. The second-order valence-electron chi connectivity index (χ2n) is 7.01. The van der Waals surface area contributed by atoms with E-state index in [1.54, 1.807) is 42.1 Å². The van der Waals surface area contributed by atoms with Gasteiger partial charge in [0.05, 0.1) is 17.6 Å². The van der Waals surface area contributed by atoms with E-state index in [-0.39, 0.29) is 12.5 Å². The first-order chi connectivity index (χ1) is 14.9. The third-order valence-corrected chi connectivity index (χ3v) is 4.65. The molecule has 0 aliphatic rings. The smallest absolute Gasteiger partial charge is 0.293 e. The molecule has 0 spiro atoms. The van der Waals surface area contributed by atoms with Crippen molar-refractivity contribution < 1.29 is 9.59 Å². The minimum atomic E-state index is -0.405. The molecule has 0 atom stereocenters. The zero-order chi connectivity index (χ0) is 22.0. The van der Waals surface area contributed by atoms with Crippen LogP contribution in [0.15, 0.2) is 65.6 Å². The molecule has 0 aliphatic carbocycles. The van der Waals surface area contributed by atoms with Crippen LogP contribution in [0, 0.1) is 6.92 Å². The number of nitrogens with one attached hydrogen (secondary N) is 2. The van der Waals surface area contributed by atoms with Crippen molar-refractivity contribution in [1.29, 1.82) is 0 Å². The maximum Gasteiger partial charge on any atom is 0.293 e. The van der Waals surface area contributed by atoms with Crippen molar-refractivity contribution in [1.82, 2.24) is 19.6 Å². The molecule has 2 heterocycles. The van der Waals surface area contributed by atoms with Gasteiger partial charge in [-0.15, -0.1) is 0 Å². The van der Waals surface area contributed by atoms with E-state index in [4.69, 9.17) is 0 Å². The first-order valence-corrected chi connectivity index (χ1v) is 9.61. The topological polar surface area (TPSA) is 111 Å². The van der Waals surface area contributed by atoms with Crippen molar-refractivity contribution in [3.8, 4) is 5.69 Å². The van der Waals surface area contributed by atoms with E-state index < -0.39 is 11.5 Å². The highest BCUT2D eigenvalue weighted by Crippen LogP contribution is 2.17. The van der Waals surface area contributed by atoms with Crippen LogP contribution in [-0.4, -0.2) is 31.4 Å². The van der Waals surface area contributed by atoms with Crippen LogP contribution in [0.2, 0.25) is 0 Å². The second kappa shape index (κ2) is 8.23. The number of hydrogen-bond acceptors (Lipinski definition) is 5. The van der Waals surface area contributed by atoms with Gasteiger partial charge in [-0.1, -0.05) is 18.2 Å². The number of benzene rings is 2. The average molecular weight is 416 g/mol. The van der Waals surface area contributed by atoms with Crippen LogP contribution in [0.25, 0.3) is 16.6 Å². The van der Waals surface area contributed by atoms with Crippen LogP contribution in [0.5, 0.6) is 0 Å². The fourth-order valence-electron chi connectivity index (χ4n) is 3.27. The van der Waals surface area contributed by atoms with Crippen LogP contribution in [0.4, 0.5) is 11.4 Å². The van der Waals surface area contributed by atoms with Gasteiger partial charge in [0.15, 0.2) is 0 Å². The third kappa shape index (κ3) is 4.20. The molecule has 0 unspecified atom stereocenters. The molecule has 156 valence electrons. The SMILES string of the molecule is CC(=O)Nc1ccc(NC(=O)Cn2nc(C)c3cnn(-c4ccccc4)c3c2=O)cc1. The number of fused-ring (bicyclic) bond motifs is 1. The van der Waals surface area contributed by atoms with E-state index in [0.29, 0.717) is 28.0 Å². The Labute approximate surface area is 177 Å². The van der Waals surface area contributed by atoms with E-state index in [2.05, 4.69) is 20.8 Å². The number of para-hydroxylation sites is 1. The monoisotopic (exact) mass is 416 g/mol. The highest BCUT2D eigenvalue weighted by molar-refractivity contribution is 5.92. The molecule has 0 radical (unpaired) electrons. The Hall–Kier alpha value is -4.27. The molecule has 31 heavy (non-hydrogen) atoms. The summed E-state index contributed by atoms with van der Waals surface area (Å²) in [6.07, 6.45) is 1.60. The van der Waals surface area contributed by atoms with Crippen LogP contribution in [0.1, 0.15) is 12.6 Å². The number of carbonyl (C=O) groups excluding carboxylic acids is 2. The van der Waals surface area contributed by atoms with Crippen LogP contribution in [0.3, 0.4) is 0 Å². The Kier molecular flexibility index (Phi) is 5.31. The second-order valence-corrected chi connectivity index (χ2v) is 7.01. The molecule has 0 fully saturated rings. The zero-order valence-electron chi connectivity index (χ0n) is 17.0. The van der Waals surface area contributed by atoms with Gasteiger partial charge in [0, 0.05) is 23.7 Å². The standard InChI is InChI=1S/C22H20N6O3/c1-14-19-12-23-28(18-6-4-3-5-7-18)21(19)22(31)27(26-14)13-20(30)25-17-10-8-16(9-11-17)24-15(2)29/h3-12H,13H2,1-2H3,(H,24,29)(H,25,30). The lowest BCUT2D eigenvalue weighted by molar-refractivity contribution is -0.117. The van der Waals surface area contributed by atoms with Crippen molar-refractivity contribution in [2.24, 2.45) is 0 Å². The number of aryl methyl sites for hydroxylation is 1. The highest BCUT2D eigenvalue weighted by atomic mass is 16.2. The molecule has 0 saturated carbocycles. The summed E-state index contributed by atoms with van der Waals surface area (Å²) in [6.45, 7) is 2.94. The van der Waals surface area contributed by atoms with Gasteiger partial charge >= 0.3 is 0 Å². The third-order valence-electron chi connectivity index (χ3n) is 4.65. The Morgan fingerprint density at radius 1 is 0.968 bits per heavy atom.